The van der Waals surface area contributed by atoms with Gasteiger partial charge in [0.2, 0.25) is 0 Å². The average Bonchev–Trinajstić information content (AvgIpc) is 3.11. The Kier molecular flexibility index (Phi) is 8.54. The number of nitrogens with one attached hydrogen (secondary N) is 1. The molecule has 1 fully saturated rings. The Labute approximate surface area is 173 Å². The number of rotatable bonds is 5. The van der Waals surface area contributed by atoms with Crippen LogP contribution in [-0.4, -0.2) is 37.1 Å². The summed E-state index contributed by atoms with van der Waals surface area (Å²) < 4.78 is 0. The van der Waals surface area contributed by atoms with Gasteiger partial charge in [0.25, 0.3) is 5.91 Å². The molecule has 5 nitrogen and oxygen atoms in total. The maximum atomic E-state index is 12.7. The van der Waals surface area contributed by atoms with Crippen LogP contribution >= 0.6 is 24.8 Å². The van der Waals surface area contributed by atoms with Gasteiger partial charge in [-0.1, -0.05) is 25.0 Å². The maximum absolute atomic E-state index is 12.7. The minimum atomic E-state index is -0.250. The molecular weight excluding hydrogens is 383 g/mol. The number of hydrogen-bond acceptors (Lipinski definition) is 4. The number of nitrogens with two attached hydrogens (primary N) is 1. The number of aromatic nitrogens is 1. The Morgan fingerprint density at radius 3 is 2.30 bits per heavy atom. The van der Waals surface area contributed by atoms with Crippen LogP contribution in [0, 0.1) is 0 Å². The normalized spacial score (nSPS) is 14.6. The van der Waals surface area contributed by atoms with Gasteiger partial charge in [-0.15, -0.1) is 24.8 Å². The molecule has 148 valence electrons. The summed E-state index contributed by atoms with van der Waals surface area (Å²) in [4.78, 5) is 19.0. The van der Waals surface area contributed by atoms with Gasteiger partial charge in [0, 0.05) is 44.3 Å². The molecule has 0 bridgehead atoms. The largest absolute Gasteiger partial charge is 0.378 e. The van der Waals surface area contributed by atoms with E-state index >= 15 is 0 Å². The molecule has 7 heteroatoms. The Morgan fingerprint density at radius 1 is 1.11 bits per heavy atom. The first kappa shape index (κ1) is 23.2. The number of halogens is 2. The van der Waals surface area contributed by atoms with Gasteiger partial charge in [-0.2, -0.15) is 0 Å². The van der Waals surface area contributed by atoms with Gasteiger partial charge < -0.3 is 16.0 Å². The summed E-state index contributed by atoms with van der Waals surface area (Å²) in [6.45, 7) is 0.484. The highest BCUT2D eigenvalue weighted by molar-refractivity contribution is 5.95. The third-order valence-electron chi connectivity index (χ3n) is 5.05. The summed E-state index contributed by atoms with van der Waals surface area (Å²) in [5.41, 5.74) is 9.36. The molecule has 27 heavy (non-hydrogen) atoms. The molecule has 1 saturated carbocycles. The lowest BCUT2D eigenvalue weighted by Crippen LogP contribution is -2.51. The second kappa shape index (κ2) is 9.93. The van der Waals surface area contributed by atoms with E-state index in [0.717, 1.165) is 42.5 Å². The van der Waals surface area contributed by atoms with E-state index in [4.69, 9.17) is 5.73 Å². The van der Waals surface area contributed by atoms with Crippen molar-refractivity contribution in [2.75, 3.05) is 25.5 Å². The number of hydrogen-bond donors (Lipinski definition) is 2. The van der Waals surface area contributed by atoms with E-state index in [-0.39, 0.29) is 36.3 Å². The predicted octanol–water partition coefficient (Wildman–Crippen LogP) is 3.66. The van der Waals surface area contributed by atoms with Gasteiger partial charge in [-0.25, -0.2) is 0 Å². The number of carbonyl (C=O) groups excluding carboxylic acids is 1. The Morgan fingerprint density at radius 2 is 1.74 bits per heavy atom. The number of nitrogens with zero attached hydrogens (tertiary/aromatic N) is 2. The van der Waals surface area contributed by atoms with Crippen LogP contribution in [0.5, 0.6) is 0 Å². The highest BCUT2D eigenvalue weighted by atomic mass is 35.5. The smallest absolute Gasteiger partial charge is 0.253 e. The molecule has 0 aliphatic heterocycles. The van der Waals surface area contributed by atoms with Gasteiger partial charge in [-0.3, -0.25) is 9.78 Å². The first-order chi connectivity index (χ1) is 12.0. The van der Waals surface area contributed by atoms with Crippen LogP contribution < -0.4 is 16.0 Å². The summed E-state index contributed by atoms with van der Waals surface area (Å²) in [6, 6.07) is 10.1. The van der Waals surface area contributed by atoms with Crippen LogP contribution in [0.3, 0.4) is 0 Å². The fourth-order valence-corrected chi connectivity index (χ4v) is 3.42. The van der Waals surface area contributed by atoms with Crippen molar-refractivity contribution in [1.29, 1.82) is 0 Å². The van der Waals surface area contributed by atoms with Crippen LogP contribution in [-0.2, 0) is 0 Å². The topological polar surface area (TPSA) is 71.2 Å². The summed E-state index contributed by atoms with van der Waals surface area (Å²) in [6.07, 6.45) is 7.55. The van der Waals surface area contributed by atoms with Gasteiger partial charge in [0.15, 0.2) is 0 Å². The lowest BCUT2D eigenvalue weighted by Gasteiger charge is -2.28. The summed E-state index contributed by atoms with van der Waals surface area (Å²) in [7, 11) is 4.02. The molecule has 1 aromatic heterocycles. The fourth-order valence-electron chi connectivity index (χ4n) is 3.42. The van der Waals surface area contributed by atoms with Crippen LogP contribution in [0.15, 0.2) is 42.7 Å². The second-order valence-electron chi connectivity index (χ2n) is 7.05. The quantitative estimate of drug-likeness (QED) is 0.788. The molecule has 0 atom stereocenters. The number of benzene rings is 1. The maximum Gasteiger partial charge on any atom is 0.253 e. The Bertz CT molecular complexity index is 744. The molecule has 1 heterocycles. The molecule has 0 spiro atoms. The third kappa shape index (κ3) is 5.34. The van der Waals surface area contributed by atoms with Gasteiger partial charge in [-0.05, 0) is 36.6 Å². The Hall–Kier alpha value is -1.82. The molecule has 1 aromatic carbocycles. The van der Waals surface area contributed by atoms with Crippen LogP contribution in [0.25, 0.3) is 11.1 Å². The summed E-state index contributed by atoms with van der Waals surface area (Å²) in [5, 5.41) is 3.15. The molecule has 0 radical (unpaired) electrons. The molecular formula is C20H28Cl2N4O. The van der Waals surface area contributed by atoms with Crippen molar-refractivity contribution in [3.63, 3.8) is 0 Å². The summed E-state index contributed by atoms with van der Waals surface area (Å²) in [5.74, 6) is -0.0911. The number of anilines is 1. The number of amides is 1. The third-order valence-corrected chi connectivity index (χ3v) is 5.05. The molecule has 1 aliphatic carbocycles. The van der Waals surface area contributed by atoms with Gasteiger partial charge >= 0.3 is 0 Å². The Balaban J connectivity index is 0.00000182. The fraction of sp³-hybridized carbons (Fsp3) is 0.400. The lowest BCUT2D eigenvalue weighted by molar-refractivity contribution is 0.0903. The molecule has 0 unspecified atom stereocenters. The van der Waals surface area contributed by atoms with Crippen LogP contribution in [0.2, 0.25) is 0 Å². The van der Waals surface area contributed by atoms with Gasteiger partial charge in [0.1, 0.15) is 0 Å². The van der Waals surface area contributed by atoms with Crippen molar-refractivity contribution < 1.29 is 4.79 Å². The van der Waals surface area contributed by atoms with E-state index in [1.54, 1.807) is 12.4 Å². The molecule has 3 N–H and O–H groups in total. The zero-order valence-electron chi connectivity index (χ0n) is 15.8. The predicted molar refractivity (Wildman–Crippen MR) is 116 cm³/mol. The summed E-state index contributed by atoms with van der Waals surface area (Å²) >= 11 is 0. The minimum Gasteiger partial charge on any atom is -0.378 e. The monoisotopic (exact) mass is 410 g/mol. The van der Waals surface area contributed by atoms with E-state index in [9.17, 15) is 4.79 Å². The van der Waals surface area contributed by atoms with Crippen molar-refractivity contribution >= 4 is 36.4 Å². The number of pyridine rings is 1. The van der Waals surface area contributed by atoms with Crippen LogP contribution in [0.4, 0.5) is 5.69 Å². The van der Waals surface area contributed by atoms with Gasteiger partial charge in [0.05, 0.1) is 11.1 Å². The van der Waals surface area contributed by atoms with Crippen LogP contribution in [0.1, 0.15) is 36.0 Å². The first-order valence-corrected chi connectivity index (χ1v) is 8.78. The van der Waals surface area contributed by atoms with E-state index in [1.807, 2.05) is 32.3 Å². The van der Waals surface area contributed by atoms with E-state index < -0.39 is 0 Å². The van der Waals surface area contributed by atoms with E-state index in [1.165, 1.54) is 0 Å². The molecule has 1 aliphatic rings. The molecule has 0 saturated heterocycles. The second-order valence-corrected chi connectivity index (χ2v) is 7.05. The highest BCUT2D eigenvalue weighted by Crippen LogP contribution is 2.29. The van der Waals surface area contributed by atoms with E-state index in [0.29, 0.717) is 12.1 Å². The SMILES string of the molecule is CN(C)c1ccc(-c2cncc(C(=O)NC3(CN)CCCC3)c2)cc1.Cl.Cl. The standard InChI is InChI=1S/C20H26N4O.2ClH/c1-24(2)18-7-5-15(6-8-18)16-11-17(13-22-12-16)19(25)23-20(14-21)9-3-4-10-20;;/h5-8,11-13H,3-4,9-10,14,21H2,1-2H3,(H,23,25);2*1H. The average molecular weight is 411 g/mol. The molecule has 2 aromatic rings. The van der Waals surface area contributed by atoms with E-state index in [2.05, 4.69) is 27.3 Å². The number of carbonyl (C=O) groups is 1. The molecule has 3 rings (SSSR count). The van der Waals surface area contributed by atoms with Crippen molar-refractivity contribution in [3.8, 4) is 11.1 Å². The first-order valence-electron chi connectivity index (χ1n) is 8.78. The lowest BCUT2D eigenvalue weighted by atomic mass is 9.97. The van der Waals surface area contributed by atoms with Crippen molar-refractivity contribution in [2.24, 2.45) is 5.73 Å². The zero-order chi connectivity index (χ0) is 17.9. The zero-order valence-corrected chi connectivity index (χ0v) is 17.4. The van der Waals surface area contributed by atoms with Crippen molar-refractivity contribution in [2.45, 2.75) is 31.2 Å². The highest BCUT2D eigenvalue weighted by Gasteiger charge is 2.34. The van der Waals surface area contributed by atoms with Crippen molar-refractivity contribution in [1.82, 2.24) is 10.3 Å². The molecule has 1 amide bonds. The minimum absolute atomic E-state index is 0. The van der Waals surface area contributed by atoms with Crippen molar-refractivity contribution in [3.05, 3.63) is 48.3 Å².